The van der Waals surface area contributed by atoms with Gasteiger partial charge in [-0.05, 0) is 30.5 Å². The molecule has 98 valence electrons. The molecule has 1 heterocycles. The lowest BCUT2D eigenvalue weighted by molar-refractivity contribution is 0.0481. The van der Waals surface area contributed by atoms with Crippen molar-refractivity contribution in [1.29, 1.82) is 0 Å². The number of aliphatic hydroxyl groups excluding tert-OH is 1. The van der Waals surface area contributed by atoms with E-state index >= 15 is 0 Å². The predicted molar refractivity (Wildman–Crippen MR) is 72.0 cm³/mol. The maximum absolute atomic E-state index is 10.1. The third kappa shape index (κ3) is 3.86. The number of hydrogen-bond acceptors (Lipinski definition) is 2. The van der Waals surface area contributed by atoms with Crippen LogP contribution in [0.5, 0.6) is 0 Å². The first kappa shape index (κ1) is 14.3. The highest BCUT2D eigenvalue weighted by molar-refractivity contribution is 5.15. The highest BCUT2D eigenvalue weighted by Crippen LogP contribution is 2.22. The second-order valence-electron chi connectivity index (χ2n) is 5.77. The van der Waals surface area contributed by atoms with E-state index in [-0.39, 0.29) is 11.5 Å². The third-order valence-electron chi connectivity index (χ3n) is 3.32. The summed E-state index contributed by atoms with van der Waals surface area (Å²) in [5, 5.41) is 13.4. The molecule has 0 aromatic carbocycles. The summed E-state index contributed by atoms with van der Waals surface area (Å²) in [6, 6.07) is 2.53. The standard InChI is InChI=1S/C14H26N2O/c1-6-12(15-5)11-7-8-16(9-11)10-13(17)14(2,3)4/h7-9,12-13,15,17H,6,10H2,1-5H3. The van der Waals surface area contributed by atoms with Gasteiger partial charge < -0.3 is 15.0 Å². The second-order valence-corrected chi connectivity index (χ2v) is 5.77. The van der Waals surface area contributed by atoms with Gasteiger partial charge in [0, 0.05) is 25.0 Å². The minimum atomic E-state index is -0.322. The molecular formula is C14H26N2O. The number of nitrogens with one attached hydrogen (secondary N) is 1. The Kier molecular flexibility index (Phi) is 4.78. The molecule has 3 nitrogen and oxygen atoms in total. The van der Waals surface area contributed by atoms with Gasteiger partial charge in [-0.2, -0.15) is 0 Å². The first-order valence-corrected chi connectivity index (χ1v) is 6.39. The highest BCUT2D eigenvalue weighted by Gasteiger charge is 2.22. The monoisotopic (exact) mass is 238 g/mol. The van der Waals surface area contributed by atoms with E-state index in [1.54, 1.807) is 0 Å². The molecule has 0 amide bonds. The van der Waals surface area contributed by atoms with Gasteiger partial charge in [0.1, 0.15) is 0 Å². The van der Waals surface area contributed by atoms with E-state index < -0.39 is 0 Å². The molecule has 1 aromatic rings. The Bertz CT molecular complexity index is 334. The summed E-state index contributed by atoms with van der Waals surface area (Å²) >= 11 is 0. The van der Waals surface area contributed by atoms with Crippen molar-refractivity contribution >= 4 is 0 Å². The van der Waals surface area contributed by atoms with Crippen LogP contribution in [0.4, 0.5) is 0 Å². The highest BCUT2D eigenvalue weighted by atomic mass is 16.3. The number of aliphatic hydroxyl groups is 1. The van der Waals surface area contributed by atoms with Crippen LogP contribution in [0.3, 0.4) is 0 Å². The maximum atomic E-state index is 10.1. The summed E-state index contributed by atoms with van der Waals surface area (Å²) in [7, 11) is 1.98. The molecule has 0 aliphatic heterocycles. The van der Waals surface area contributed by atoms with E-state index in [1.807, 2.05) is 13.2 Å². The van der Waals surface area contributed by atoms with Crippen molar-refractivity contribution in [1.82, 2.24) is 9.88 Å². The largest absolute Gasteiger partial charge is 0.391 e. The molecule has 1 aromatic heterocycles. The molecule has 0 radical (unpaired) electrons. The van der Waals surface area contributed by atoms with Crippen LogP contribution >= 0.6 is 0 Å². The van der Waals surface area contributed by atoms with Gasteiger partial charge in [0.15, 0.2) is 0 Å². The zero-order valence-corrected chi connectivity index (χ0v) is 11.7. The summed E-state index contributed by atoms with van der Waals surface area (Å²) in [5.41, 5.74) is 1.22. The molecule has 0 bridgehead atoms. The molecule has 3 heteroatoms. The van der Waals surface area contributed by atoms with Crippen molar-refractivity contribution in [2.75, 3.05) is 7.05 Å². The Morgan fingerprint density at radius 3 is 2.53 bits per heavy atom. The molecule has 0 saturated carbocycles. The molecule has 2 unspecified atom stereocenters. The van der Waals surface area contributed by atoms with E-state index in [0.717, 1.165) is 6.42 Å². The molecule has 0 fully saturated rings. The van der Waals surface area contributed by atoms with Crippen molar-refractivity contribution in [2.45, 2.75) is 52.8 Å². The molecular weight excluding hydrogens is 212 g/mol. The molecule has 0 aliphatic carbocycles. The van der Waals surface area contributed by atoms with Crippen molar-refractivity contribution in [2.24, 2.45) is 5.41 Å². The fourth-order valence-corrected chi connectivity index (χ4v) is 1.86. The smallest absolute Gasteiger partial charge is 0.0767 e. The fourth-order valence-electron chi connectivity index (χ4n) is 1.86. The number of aromatic nitrogens is 1. The lowest BCUT2D eigenvalue weighted by Crippen LogP contribution is -2.30. The van der Waals surface area contributed by atoms with Gasteiger partial charge in [-0.3, -0.25) is 0 Å². The van der Waals surface area contributed by atoms with Crippen LogP contribution in [0.15, 0.2) is 18.5 Å². The summed E-state index contributed by atoms with van der Waals surface area (Å²) < 4.78 is 2.07. The molecule has 0 aliphatic rings. The van der Waals surface area contributed by atoms with Crippen LogP contribution in [0.1, 0.15) is 45.7 Å². The van der Waals surface area contributed by atoms with Crippen LogP contribution in [0.2, 0.25) is 0 Å². The summed E-state index contributed by atoms with van der Waals surface area (Å²) in [5.74, 6) is 0. The van der Waals surface area contributed by atoms with Crippen molar-refractivity contribution < 1.29 is 5.11 Å². The van der Waals surface area contributed by atoms with Crippen LogP contribution < -0.4 is 5.32 Å². The topological polar surface area (TPSA) is 37.2 Å². The van der Waals surface area contributed by atoms with E-state index in [0.29, 0.717) is 12.6 Å². The Morgan fingerprint density at radius 2 is 2.06 bits per heavy atom. The molecule has 2 N–H and O–H groups in total. The van der Waals surface area contributed by atoms with Gasteiger partial charge in [0.2, 0.25) is 0 Å². The van der Waals surface area contributed by atoms with Gasteiger partial charge in [-0.15, -0.1) is 0 Å². The zero-order valence-electron chi connectivity index (χ0n) is 11.7. The van der Waals surface area contributed by atoms with E-state index in [4.69, 9.17) is 0 Å². The number of hydrogen-bond donors (Lipinski definition) is 2. The SMILES string of the molecule is CCC(NC)c1ccn(CC(O)C(C)(C)C)c1. The average molecular weight is 238 g/mol. The van der Waals surface area contributed by atoms with Gasteiger partial charge in [0.05, 0.1) is 6.10 Å². The minimum Gasteiger partial charge on any atom is -0.391 e. The molecule has 0 saturated heterocycles. The van der Waals surface area contributed by atoms with E-state index in [2.05, 4.69) is 49.8 Å². The Labute approximate surface area is 105 Å². The first-order chi connectivity index (χ1) is 7.88. The van der Waals surface area contributed by atoms with E-state index in [1.165, 1.54) is 5.56 Å². The minimum absolute atomic E-state index is 0.0718. The molecule has 2 atom stereocenters. The van der Waals surface area contributed by atoms with Crippen LogP contribution in [0, 0.1) is 5.41 Å². The van der Waals surface area contributed by atoms with Crippen LogP contribution in [0.25, 0.3) is 0 Å². The van der Waals surface area contributed by atoms with Gasteiger partial charge in [-0.25, -0.2) is 0 Å². The summed E-state index contributed by atoms with van der Waals surface area (Å²) in [6.45, 7) is 9.01. The Hall–Kier alpha value is -0.800. The molecule has 0 spiro atoms. The molecule has 1 rings (SSSR count). The normalized spacial score (nSPS) is 15.9. The van der Waals surface area contributed by atoms with Crippen molar-refractivity contribution in [3.8, 4) is 0 Å². The fraction of sp³-hybridized carbons (Fsp3) is 0.714. The van der Waals surface area contributed by atoms with Gasteiger partial charge in [-0.1, -0.05) is 27.7 Å². The maximum Gasteiger partial charge on any atom is 0.0767 e. The number of nitrogens with zero attached hydrogens (tertiary/aromatic N) is 1. The van der Waals surface area contributed by atoms with Gasteiger partial charge in [0.25, 0.3) is 0 Å². The second kappa shape index (κ2) is 5.69. The Balaban J connectivity index is 2.69. The zero-order chi connectivity index (χ0) is 13.1. The lowest BCUT2D eigenvalue weighted by Gasteiger charge is -2.26. The van der Waals surface area contributed by atoms with Crippen LogP contribution in [-0.2, 0) is 6.54 Å². The van der Waals surface area contributed by atoms with E-state index in [9.17, 15) is 5.11 Å². The number of rotatable bonds is 5. The van der Waals surface area contributed by atoms with Crippen molar-refractivity contribution in [3.05, 3.63) is 24.0 Å². The third-order valence-corrected chi connectivity index (χ3v) is 3.32. The first-order valence-electron chi connectivity index (χ1n) is 6.39. The quantitative estimate of drug-likeness (QED) is 0.827. The average Bonchev–Trinajstić information content (AvgIpc) is 2.67. The molecule has 17 heavy (non-hydrogen) atoms. The van der Waals surface area contributed by atoms with Crippen LogP contribution in [-0.4, -0.2) is 22.8 Å². The summed E-state index contributed by atoms with van der Waals surface area (Å²) in [6.07, 6.45) is 4.92. The predicted octanol–water partition coefficient (Wildman–Crippen LogP) is 2.57. The van der Waals surface area contributed by atoms with Gasteiger partial charge >= 0.3 is 0 Å². The lowest BCUT2D eigenvalue weighted by atomic mass is 9.89. The summed E-state index contributed by atoms with van der Waals surface area (Å²) in [4.78, 5) is 0. The van der Waals surface area contributed by atoms with Crippen molar-refractivity contribution in [3.63, 3.8) is 0 Å². The Morgan fingerprint density at radius 1 is 1.41 bits per heavy atom.